The Balaban J connectivity index is 2.14. The van der Waals surface area contributed by atoms with Gasteiger partial charge in [0.1, 0.15) is 0 Å². The van der Waals surface area contributed by atoms with Crippen molar-refractivity contribution in [3.63, 3.8) is 0 Å². The second kappa shape index (κ2) is 7.34. The SMILES string of the molecule is C=CCNC(/C=C/c1ccccc1)c1ccccc1. The van der Waals surface area contributed by atoms with Crippen molar-refractivity contribution in [2.45, 2.75) is 6.04 Å². The van der Waals surface area contributed by atoms with Crippen molar-refractivity contribution < 1.29 is 0 Å². The first kappa shape index (κ1) is 13.3. The van der Waals surface area contributed by atoms with Crippen LogP contribution >= 0.6 is 0 Å². The third-order valence-electron chi connectivity index (χ3n) is 2.92. The second-order valence-electron chi connectivity index (χ2n) is 4.36. The molecule has 2 rings (SSSR count). The highest BCUT2D eigenvalue weighted by Crippen LogP contribution is 2.15. The van der Waals surface area contributed by atoms with Gasteiger partial charge in [0.05, 0.1) is 6.04 Å². The zero-order chi connectivity index (χ0) is 13.3. The van der Waals surface area contributed by atoms with Gasteiger partial charge in [-0.05, 0) is 11.1 Å². The Morgan fingerprint density at radius 1 is 0.947 bits per heavy atom. The maximum Gasteiger partial charge on any atom is 0.0511 e. The molecule has 1 N–H and O–H groups in total. The molecule has 1 heteroatoms. The molecule has 19 heavy (non-hydrogen) atoms. The fourth-order valence-corrected chi connectivity index (χ4v) is 1.94. The Morgan fingerprint density at radius 2 is 1.58 bits per heavy atom. The van der Waals surface area contributed by atoms with E-state index in [1.54, 1.807) is 0 Å². The summed E-state index contributed by atoms with van der Waals surface area (Å²) in [5, 5.41) is 3.45. The third kappa shape index (κ3) is 4.23. The molecular weight excluding hydrogens is 230 g/mol. The first-order valence-corrected chi connectivity index (χ1v) is 6.52. The summed E-state index contributed by atoms with van der Waals surface area (Å²) in [6.07, 6.45) is 6.22. The van der Waals surface area contributed by atoms with Crippen LogP contribution in [0.2, 0.25) is 0 Å². The predicted octanol–water partition coefficient (Wildman–Crippen LogP) is 4.22. The molecule has 0 fully saturated rings. The average Bonchev–Trinajstić information content (AvgIpc) is 2.49. The molecule has 0 spiro atoms. The van der Waals surface area contributed by atoms with E-state index < -0.39 is 0 Å². The van der Waals surface area contributed by atoms with Gasteiger partial charge in [-0.3, -0.25) is 0 Å². The summed E-state index contributed by atoms with van der Waals surface area (Å²) in [6.45, 7) is 4.55. The van der Waals surface area contributed by atoms with Crippen LogP contribution in [0.4, 0.5) is 0 Å². The number of hydrogen-bond donors (Lipinski definition) is 1. The van der Waals surface area contributed by atoms with Gasteiger partial charge in [0.2, 0.25) is 0 Å². The summed E-state index contributed by atoms with van der Waals surface area (Å²) in [5.74, 6) is 0. The van der Waals surface area contributed by atoms with Gasteiger partial charge in [0.15, 0.2) is 0 Å². The van der Waals surface area contributed by atoms with Gasteiger partial charge in [-0.15, -0.1) is 6.58 Å². The first-order chi connectivity index (χ1) is 9.40. The highest BCUT2D eigenvalue weighted by molar-refractivity contribution is 5.50. The van der Waals surface area contributed by atoms with Crippen molar-refractivity contribution in [3.05, 3.63) is 90.5 Å². The van der Waals surface area contributed by atoms with Crippen LogP contribution in [-0.4, -0.2) is 6.54 Å². The van der Waals surface area contributed by atoms with Crippen LogP contribution in [0.25, 0.3) is 6.08 Å². The van der Waals surface area contributed by atoms with Crippen molar-refractivity contribution in [2.24, 2.45) is 0 Å². The highest BCUT2D eigenvalue weighted by Gasteiger charge is 2.04. The molecular formula is C18H19N. The molecule has 0 radical (unpaired) electrons. The quantitative estimate of drug-likeness (QED) is 0.756. The molecule has 96 valence electrons. The zero-order valence-electron chi connectivity index (χ0n) is 11.0. The van der Waals surface area contributed by atoms with E-state index >= 15 is 0 Å². The predicted molar refractivity (Wildman–Crippen MR) is 82.9 cm³/mol. The van der Waals surface area contributed by atoms with Crippen molar-refractivity contribution in [1.82, 2.24) is 5.32 Å². The summed E-state index contributed by atoms with van der Waals surface area (Å²) in [6, 6.07) is 21.0. The number of nitrogens with one attached hydrogen (secondary N) is 1. The van der Waals surface area contributed by atoms with Crippen molar-refractivity contribution >= 4 is 6.08 Å². The summed E-state index contributed by atoms with van der Waals surface area (Å²) in [4.78, 5) is 0. The van der Waals surface area contributed by atoms with Crippen LogP contribution in [0.3, 0.4) is 0 Å². The minimum atomic E-state index is 0.208. The number of benzene rings is 2. The van der Waals surface area contributed by atoms with Crippen LogP contribution in [0.15, 0.2) is 79.4 Å². The Hall–Kier alpha value is -2.12. The van der Waals surface area contributed by atoms with Crippen molar-refractivity contribution in [2.75, 3.05) is 6.54 Å². The zero-order valence-corrected chi connectivity index (χ0v) is 11.0. The van der Waals surface area contributed by atoms with Gasteiger partial charge >= 0.3 is 0 Å². The Kier molecular flexibility index (Phi) is 5.15. The minimum absolute atomic E-state index is 0.208. The average molecular weight is 249 g/mol. The van der Waals surface area contributed by atoms with E-state index in [9.17, 15) is 0 Å². The molecule has 0 bridgehead atoms. The van der Waals surface area contributed by atoms with Crippen LogP contribution in [0.5, 0.6) is 0 Å². The van der Waals surface area contributed by atoms with Crippen LogP contribution in [-0.2, 0) is 0 Å². The maximum atomic E-state index is 3.76. The van der Waals surface area contributed by atoms with Crippen LogP contribution in [0.1, 0.15) is 17.2 Å². The lowest BCUT2D eigenvalue weighted by atomic mass is 10.1. The topological polar surface area (TPSA) is 12.0 Å². The van der Waals surface area contributed by atoms with E-state index in [4.69, 9.17) is 0 Å². The summed E-state index contributed by atoms with van der Waals surface area (Å²) in [5.41, 5.74) is 2.47. The van der Waals surface area contributed by atoms with Crippen molar-refractivity contribution in [3.8, 4) is 0 Å². The first-order valence-electron chi connectivity index (χ1n) is 6.52. The Bertz CT molecular complexity index is 514. The smallest absolute Gasteiger partial charge is 0.0511 e. The molecule has 1 atom stereocenters. The molecule has 1 unspecified atom stereocenters. The molecule has 0 aliphatic carbocycles. The molecule has 0 aliphatic rings. The highest BCUT2D eigenvalue weighted by atomic mass is 14.9. The van der Waals surface area contributed by atoms with Crippen molar-refractivity contribution in [1.29, 1.82) is 0 Å². The number of hydrogen-bond acceptors (Lipinski definition) is 1. The fourth-order valence-electron chi connectivity index (χ4n) is 1.94. The molecule has 0 saturated heterocycles. The lowest BCUT2D eigenvalue weighted by molar-refractivity contribution is 0.674. The van der Waals surface area contributed by atoms with E-state index in [2.05, 4.69) is 60.4 Å². The van der Waals surface area contributed by atoms with Gasteiger partial charge in [0.25, 0.3) is 0 Å². The number of rotatable bonds is 6. The molecule has 1 nitrogen and oxygen atoms in total. The third-order valence-corrected chi connectivity index (χ3v) is 2.92. The molecule has 0 aliphatic heterocycles. The summed E-state index contributed by atoms with van der Waals surface area (Å²) in [7, 11) is 0. The monoisotopic (exact) mass is 249 g/mol. The molecule has 2 aromatic rings. The van der Waals surface area contributed by atoms with E-state index in [-0.39, 0.29) is 6.04 Å². The molecule has 0 heterocycles. The van der Waals surface area contributed by atoms with E-state index in [1.165, 1.54) is 11.1 Å². The Morgan fingerprint density at radius 3 is 2.21 bits per heavy atom. The van der Waals surface area contributed by atoms with E-state index in [0.717, 1.165) is 6.54 Å². The minimum Gasteiger partial charge on any atom is -0.303 e. The fraction of sp³-hybridized carbons (Fsp3) is 0.111. The van der Waals surface area contributed by atoms with Crippen LogP contribution in [0, 0.1) is 0 Å². The van der Waals surface area contributed by atoms with Gasteiger partial charge in [0, 0.05) is 6.54 Å². The lowest BCUT2D eigenvalue weighted by Crippen LogP contribution is -2.19. The van der Waals surface area contributed by atoms with Gasteiger partial charge in [-0.1, -0.05) is 78.9 Å². The van der Waals surface area contributed by atoms with E-state index in [0.29, 0.717) is 0 Å². The van der Waals surface area contributed by atoms with E-state index in [1.807, 2.05) is 30.3 Å². The standard InChI is InChI=1S/C18H19N/c1-2-15-19-18(17-11-7-4-8-12-17)14-13-16-9-5-3-6-10-16/h2-14,18-19H,1,15H2/b14-13+. The van der Waals surface area contributed by atoms with Gasteiger partial charge in [-0.25, -0.2) is 0 Å². The second-order valence-corrected chi connectivity index (χ2v) is 4.36. The van der Waals surface area contributed by atoms with Gasteiger partial charge < -0.3 is 5.32 Å². The maximum absolute atomic E-state index is 3.76. The molecule has 0 aromatic heterocycles. The summed E-state index contributed by atoms with van der Waals surface area (Å²) < 4.78 is 0. The summed E-state index contributed by atoms with van der Waals surface area (Å²) >= 11 is 0. The Labute approximate surface area is 115 Å². The van der Waals surface area contributed by atoms with Gasteiger partial charge in [-0.2, -0.15) is 0 Å². The normalized spacial score (nSPS) is 12.4. The molecule has 0 amide bonds. The largest absolute Gasteiger partial charge is 0.303 e. The molecule has 0 saturated carbocycles. The van der Waals surface area contributed by atoms with Crippen LogP contribution < -0.4 is 5.32 Å². The lowest BCUT2D eigenvalue weighted by Gasteiger charge is -2.14. The molecule has 2 aromatic carbocycles.